The van der Waals surface area contributed by atoms with E-state index < -0.39 is 0 Å². The van der Waals surface area contributed by atoms with Crippen LogP contribution in [-0.4, -0.2) is 49.9 Å². The zero-order valence-electron chi connectivity index (χ0n) is 18.9. The molecule has 4 rings (SSSR count). The molecule has 0 atom stereocenters. The number of benzene rings is 2. The molecular formula is C24H24N6O3. The zero-order valence-corrected chi connectivity index (χ0v) is 18.9. The number of imidazole rings is 1. The maximum atomic E-state index is 12.7. The first-order valence-corrected chi connectivity index (χ1v) is 10.3. The van der Waals surface area contributed by atoms with Gasteiger partial charge in [0.1, 0.15) is 6.33 Å². The molecule has 2 aromatic heterocycles. The fourth-order valence-corrected chi connectivity index (χ4v) is 3.67. The molecule has 0 fully saturated rings. The van der Waals surface area contributed by atoms with Gasteiger partial charge in [-0.15, -0.1) is 0 Å². The summed E-state index contributed by atoms with van der Waals surface area (Å²) in [4.78, 5) is 46.9. The molecule has 0 saturated heterocycles. The number of rotatable bonds is 5. The van der Waals surface area contributed by atoms with Crippen molar-refractivity contribution in [1.29, 1.82) is 0 Å². The van der Waals surface area contributed by atoms with Gasteiger partial charge in [0, 0.05) is 52.1 Å². The molecule has 0 radical (unpaired) electrons. The minimum atomic E-state index is -0.230. The zero-order chi connectivity index (χ0) is 23.7. The van der Waals surface area contributed by atoms with Crippen molar-refractivity contribution in [3.8, 4) is 11.3 Å². The van der Waals surface area contributed by atoms with Crippen LogP contribution in [0.4, 0.5) is 0 Å². The quantitative estimate of drug-likeness (QED) is 0.507. The summed E-state index contributed by atoms with van der Waals surface area (Å²) in [6, 6.07) is 12.7. The summed E-state index contributed by atoms with van der Waals surface area (Å²) in [5, 5.41) is 2.91. The number of fused-ring (bicyclic) bond motifs is 1. The molecule has 0 saturated carbocycles. The summed E-state index contributed by atoms with van der Waals surface area (Å²) in [6.07, 6.45) is 2.92. The predicted molar refractivity (Wildman–Crippen MR) is 125 cm³/mol. The summed E-state index contributed by atoms with van der Waals surface area (Å²) in [5.41, 5.74) is 4.48. The molecule has 1 N–H and O–H groups in total. The molecule has 9 nitrogen and oxygen atoms in total. The average Bonchev–Trinajstić information content (AvgIpc) is 3.05. The Morgan fingerprint density at radius 1 is 1.00 bits per heavy atom. The molecule has 0 aliphatic rings. The number of carbonyl (C=O) groups excluding carboxylic acids is 2. The number of hydrogen-bond donors (Lipinski definition) is 1. The molecule has 4 aromatic rings. The van der Waals surface area contributed by atoms with Crippen molar-refractivity contribution >= 4 is 22.8 Å². The van der Waals surface area contributed by atoms with E-state index in [2.05, 4.69) is 15.3 Å². The first kappa shape index (κ1) is 21.9. The van der Waals surface area contributed by atoms with E-state index in [1.807, 2.05) is 24.3 Å². The van der Waals surface area contributed by atoms with Crippen LogP contribution in [0, 0.1) is 0 Å². The number of aromatic nitrogens is 4. The second-order valence-electron chi connectivity index (χ2n) is 7.97. The van der Waals surface area contributed by atoms with E-state index in [0.29, 0.717) is 28.9 Å². The van der Waals surface area contributed by atoms with Crippen LogP contribution in [0.5, 0.6) is 0 Å². The van der Waals surface area contributed by atoms with Gasteiger partial charge in [0.15, 0.2) is 0 Å². The van der Waals surface area contributed by atoms with Crippen molar-refractivity contribution in [2.75, 3.05) is 14.1 Å². The molecule has 9 heteroatoms. The first-order chi connectivity index (χ1) is 15.8. The van der Waals surface area contributed by atoms with E-state index in [1.54, 1.807) is 51.0 Å². The Kier molecular flexibility index (Phi) is 5.78. The van der Waals surface area contributed by atoms with Gasteiger partial charge >= 0.3 is 5.69 Å². The second kappa shape index (κ2) is 8.70. The van der Waals surface area contributed by atoms with Crippen LogP contribution in [0.3, 0.4) is 0 Å². The van der Waals surface area contributed by atoms with E-state index in [-0.39, 0.29) is 17.5 Å². The van der Waals surface area contributed by atoms with Gasteiger partial charge < -0.3 is 10.2 Å². The lowest BCUT2D eigenvalue weighted by Gasteiger charge is -2.13. The molecule has 0 unspecified atom stereocenters. The highest BCUT2D eigenvalue weighted by atomic mass is 16.2. The molecule has 33 heavy (non-hydrogen) atoms. The fourth-order valence-electron chi connectivity index (χ4n) is 3.67. The molecule has 0 bridgehead atoms. The van der Waals surface area contributed by atoms with E-state index in [9.17, 15) is 14.4 Å². The molecule has 168 valence electrons. The Bertz CT molecular complexity index is 1420. The summed E-state index contributed by atoms with van der Waals surface area (Å²) >= 11 is 0. The molecule has 0 aliphatic heterocycles. The van der Waals surface area contributed by atoms with E-state index in [4.69, 9.17) is 0 Å². The molecule has 0 aliphatic carbocycles. The van der Waals surface area contributed by atoms with Gasteiger partial charge in [-0.05, 0) is 23.8 Å². The van der Waals surface area contributed by atoms with Crippen molar-refractivity contribution < 1.29 is 9.59 Å². The highest BCUT2D eigenvalue weighted by molar-refractivity contribution is 5.99. The van der Waals surface area contributed by atoms with Gasteiger partial charge in [0.05, 0.1) is 22.3 Å². The standard InChI is InChI=1S/C24H24N6O3/c1-28(2)23(32)18-13-25-14-27-21(18)16-7-5-15(6-8-16)12-26-22(31)17-9-10-19-20(11-17)30(4)24(33)29(19)3/h5-11,13-14H,12H2,1-4H3,(H,26,31). The largest absolute Gasteiger partial charge is 0.348 e. The lowest BCUT2D eigenvalue weighted by atomic mass is 10.0. The van der Waals surface area contributed by atoms with Gasteiger partial charge in [-0.3, -0.25) is 18.7 Å². The number of nitrogens with one attached hydrogen (secondary N) is 1. The van der Waals surface area contributed by atoms with Crippen molar-refractivity contribution in [2.45, 2.75) is 6.54 Å². The van der Waals surface area contributed by atoms with Crippen molar-refractivity contribution in [3.05, 3.63) is 82.2 Å². The Morgan fingerprint density at radius 2 is 1.70 bits per heavy atom. The maximum Gasteiger partial charge on any atom is 0.328 e. The molecule has 2 heterocycles. The topological polar surface area (TPSA) is 102 Å². The van der Waals surface area contributed by atoms with Crippen molar-refractivity contribution in [3.63, 3.8) is 0 Å². The lowest BCUT2D eigenvalue weighted by Crippen LogP contribution is -2.23. The number of hydrogen-bond acceptors (Lipinski definition) is 5. The van der Waals surface area contributed by atoms with E-state index >= 15 is 0 Å². The number of carbonyl (C=O) groups is 2. The van der Waals surface area contributed by atoms with Gasteiger partial charge in [-0.25, -0.2) is 14.8 Å². The van der Waals surface area contributed by atoms with Crippen LogP contribution >= 0.6 is 0 Å². The van der Waals surface area contributed by atoms with Crippen LogP contribution < -0.4 is 11.0 Å². The number of aryl methyl sites for hydroxylation is 2. The first-order valence-electron chi connectivity index (χ1n) is 10.3. The fraction of sp³-hybridized carbons (Fsp3) is 0.208. The SMILES string of the molecule is CN(C)C(=O)c1cncnc1-c1ccc(CNC(=O)c2ccc3c(c2)n(C)c(=O)n3C)cc1. The van der Waals surface area contributed by atoms with Gasteiger partial charge in [-0.2, -0.15) is 0 Å². The van der Waals surface area contributed by atoms with E-state index in [0.717, 1.165) is 16.6 Å². The smallest absolute Gasteiger partial charge is 0.328 e. The Hall–Kier alpha value is -4.27. The van der Waals surface area contributed by atoms with E-state index in [1.165, 1.54) is 22.0 Å². The average molecular weight is 444 g/mol. The third-order valence-corrected chi connectivity index (χ3v) is 5.56. The Morgan fingerprint density at radius 3 is 2.39 bits per heavy atom. The highest BCUT2D eigenvalue weighted by Gasteiger charge is 2.16. The third-order valence-electron chi connectivity index (χ3n) is 5.56. The normalized spacial score (nSPS) is 10.9. The monoisotopic (exact) mass is 444 g/mol. The second-order valence-corrected chi connectivity index (χ2v) is 7.97. The Labute approximate surface area is 190 Å². The van der Waals surface area contributed by atoms with Crippen LogP contribution in [0.1, 0.15) is 26.3 Å². The van der Waals surface area contributed by atoms with Crippen molar-refractivity contribution in [1.82, 2.24) is 29.3 Å². The Balaban J connectivity index is 1.49. The van der Waals surface area contributed by atoms with Crippen LogP contribution in [-0.2, 0) is 20.6 Å². The minimum Gasteiger partial charge on any atom is -0.348 e. The minimum absolute atomic E-state index is 0.137. The predicted octanol–water partition coefficient (Wildman–Crippen LogP) is 1.97. The summed E-state index contributed by atoms with van der Waals surface area (Å²) in [7, 11) is 6.75. The van der Waals surface area contributed by atoms with Crippen LogP contribution in [0.2, 0.25) is 0 Å². The molecule has 0 spiro atoms. The highest BCUT2D eigenvalue weighted by Crippen LogP contribution is 2.22. The number of nitrogens with zero attached hydrogens (tertiary/aromatic N) is 5. The molecule has 2 aromatic carbocycles. The third kappa shape index (κ3) is 4.12. The number of amides is 2. The molecule has 2 amide bonds. The maximum absolute atomic E-state index is 12.7. The van der Waals surface area contributed by atoms with Gasteiger partial charge in [-0.1, -0.05) is 24.3 Å². The van der Waals surface area contributed by atoms with Gasteiger partial charge in [0.25, 0.3) is 11.8 Å². The van der Waals surface area contributed by atoms with Gasteiger partial charge in [0.2, 0.25) is 0 Å². The molecular weight excluding hydrogens is 420 g/mol. The van der Waals surface area contributed by atoms with Crippen molar-refractivity contribution in [2.24, 2.45) is 14.1 Å². The summed E-state index contributed by atoms with van der Waals surface area (Å²) in [5.74, 6) is -0.401. The van der Waals surface area contributed by atoms with Crippen LogP contribution in [0.15, 0.2) is 59.8 Å². The lowest BCUT2D eigenvalue weighted by molar-refractivity contribution is 0.0827. The van der Waals surface area contributed by atoms with Crippen LogP contribution in [0.25, 0.3) is 22.3 Å². The summed E-state index contributed by atoms with van der Waals surface area (Å²) < 4.78 is 3.07. The summed E-state index contributed by atoms with van der Waals surface area (Å²) in [6.45, 7) is 0.331.